The molecule has 0 saturated heterocycles. The van der Waals surface area contributed by atoms with Crippen molar-refractivity contribution in [1.82, 2.24) is 4.98 Å². The van der Waals surface area contributed by atoms with Gasteiger partial charge >= 0.3 is 0 Å². The maximum atomic E-state index is 5.59. The van der Waals surface area contributed by atoms with E-state index in [1.54, 1.807) is 6.20 Å². The quantitative estimate of drug-likeness (QED) is 0.655. The summed E-state index contributed by atoms with van der Waals surface area (Å²) in [7, 11) is 0. The van der Waals surface area contributed by atoms with Gasteiger partial charge in [0.25, 0.3) is 0 Å². The number of H-pyrrole nitrogens is 1. The minimum Gasteiger partial charge on any atom is -0.365 e. The van der Waals surface area contributed by atoms with Gasteiger partial charge in [-0.3, -0.25) is 0 Å². The van der Waals surface area contributed by atoms with E-state index < -0.39 is 0 Å². The molecule has 0 bridgehead atoms. The van der Waals surface area contributed by atoms with Crippen LogP contribution in [0.25, 0.3) is 0 Å². The minimum atomic E-state index is 0.792. The first-order valence-corrected chi connectivity index (χ1v) is 3.24. The van der Waals surface area contributed by atoms with E-state index in [2.05, 4.69) is 27.6 Å². The van der Waals surface area contributed by atoms with Gasteiger partial charge in [0.15, 0.2) is 0 Å². The number of aromatic amines is 1. The monoisotopic (exact) mass is 227 g/mol. The van der Waals surface area contributed by atoms with Gasteiger partial charge in [0.1, 0.15) is 0 Å². The van der Waals surface area contributed by atoms with Crippen LogP contribution in [0.5, 0.6) is 0 Å². The predicted octanol–water partition coefficient (Wildman–Crippen LogP) is 2.27. The Kier molecular flexibility index (Phi) is 1.59. The van der Waals surface area contributed by atoms with Crippen LogP contribution in [-0.2, 0) is 0 Å². The average molecular weight is 227 g/mol. The summed E-state index contributed by atoms with van der Waals surface area (Å²) in [6, 6.07) is 0. The van der Waals surface area contributed by atoms with E-state index in [0.29, 0.717) is 0 Å². The van der Waals surface area contributed by atoms with Gasteiger partial charge in [0, 0.05) is 16.0 Å². The smallest absolute Gasteiger partial charge is 0.0713 e. The van der Waals surface area contributed by atoms with Crippen LogP contribution < -0.4 is 0 Å². The molecule has 38 valence electrons. The molecule has 0 aliphatic heterocycles. The number of hydrogen-bond acceptors (Lipinski definition) is 0. The van der Waals surface area contributed by atoms with Crippen molar-refractivity contribution in [2.75, 3.05) is 0 Å². The zero-order valence-corrected chi connectivity index (χ0v) is 6.32. The lowest BCUT2D eigenvalue weighted by Gasteiger charge is -1.73. The first kappa shape index (κ1) is 5.44. The molecule has 1 N–H and O–H groups in total. The molecular formula is C4H3ClIN. The molecule has 1 nitrogen and oxygen atoms in total. The molecule has 0 atom stereocenters. The van der Waals surface area contributed by atoms with E-state index in [1.165, 1.54) is 0 Å². The van der Waals surface area contributed by atoms with Gasteiger partial charge in [-0.25, -0.2) is 0 Å². The second-order valence-corrected chi connectivity index (χ2v) is 2.72. The number of halogens is 2. The highest BCUT2D eigenvalue weighted by Crippen LogP contribution is 2.15. The van der Waals surface area contributed by atoms with Crippen LogP contribution in [0.1, 0.15) is 0 Å². The molecule has 0 radical (unpaired) electrons. The number of aromatic nitrogens is 1. The van der Waals surface area contributed by atoms with Crippen molar-refractivity contribution in [2.24, 2.45) is 0 Å². The molecule has 0 spiro atoms. The molecule has 0 aliphatic carbocycles. The standard InChI is InChI=1S/C4H3ClIN/c5-3-1-7-2-4(3)6/h1-2,7H. The molecule has 0 fully saturated rings. The summed E-state index contributed by atoms with van der Waals surface area (Å²) in [5.41, 5.74) is 0. The Labute approximate surface area is 60.2 Å². The van der Waals surface area contributed by atoms with Crippen LogP contribution >= 0.6 is 34.2 Å². The van der Waals surface area contributed by atoms with E-state index in [4.69, 9.17) is 11.6 Å². The van der Waals surface area contributed by atoms with Crippen molar-refractivity contribution >= 4 is 34.2 Å². The molecule has 1 heterocycles. The first-order chi connectivity index (χ1) is 3.30. The number of nitrogens with one attached hydrogen (secondary N) is 1. The van der Waals surface area contributed by atoms with Crippen molar-refractivity contribution in [1.29, 1.82) is 0 Å². The van der Waals surface area contributed by atoms with Gasteiger partial charge in [-0.15, -0.1) is 0 Å². The van der Waals surface area contributed by atoms with Crippen molar-refractivity contribution in [3.63, 3.8) is 0 Å². The van der Waals surface area contributed by atoms with Crippen molar-refractivity contribution in [3.05, 3.63) is 21.0 Å². The van der Waals surface area contributed by atoms with Gasteiger partial charge in [-0.05, 0) is 22.6 Å². The number of hydrogen-bond donors (Lipinski definition) is 1. The summed E-state index contributed by atoms with van der Waals surface area (Å²) in [4.78, 5) is 2.86. The molecule has 0 aliphatic rings. The summed E-state index contributed by atoms with van der Waals surface area (Å²) < 4.78 is 1.07. The first-order valence-electron chi connectivity index (χ1n) is 1.78. The van der Waals surface area contributed by atoms with Crippen LogP contribution in [0.2, 0.25) is 5.02 Å². The normalized spacial score (nSPS) is 9.43. The highest BCUT2D eigenvalue weighted by Gasteiger charge is 1.90. The molecule has 0 aromatic carbocycles. The van der Waals surface area contributed by atoms with Gasteiger partial charge in [0.05, 0.1) is 5.02 Å². The third kappa shape index (κ3) is 1.10. The second kappa shape index (κ2) is 2.05. The molecule has 0 saturated carbocycles. The Morgan fingerprint density at radius 1 is 1.57 bits per heavy atom. The molecule has 3 heteroatoms. The average Bonchev–Trinajstić information content (AvgIpc) is 1.91. The van der Waals surface area contributed by atoms with Crippen molar-refractivity contribution < 1.29 is 0 Å². The topological polar surface area (TPSA) is 15.8 Å². The second-order valence-electron chi connectivity index (χ2n) is 1.15. The van der Waals surface area contributed by atoms with E-state index >= 15 is 0 Å². The van der Waals surface area contributed by atoms with E-state index in [1.807, 2.05) is 6.20 Å². The Hall–Kier alpha value is 0.300. The zero-order valence-electron chi connectivity index (χ0n) is 3.41. The Balaban J connectivity index is 3.12. The van der Waals surface area contributed by atoms with Crippen LogP contribution in [0, 0.1) is 3.57 Å². The fourth-order valence-electron chi connectivity index (χ4n) is 0.326. The fraction of sp³-hybridized carbons (Fsp3) is 0. The van der Waals surface area contributed by atoms with Crippen LogP contribution in [0.4, 0.5) is 0 Å². The molecule has 1 rings (SSSR count). The van der Waals surface area contributed by atoms with Gasteiger partial charge in [0.2, 0.25) is 0 Å². The summed E-state index contributed by atoms with van der Waals surface area (Å²) in [5.74, 6) is 0. The number of rotatable bonds is 0. The summed E-state index contributed by atoms with van der Waals surface area (Å²) >= 11 is 7.74. The Morgan fingerprint density at radius 2 is 2.29 bits per heavy atom. The van der Waals surface area contributed by atoms with E-state index in [0.717, 1.165) is 8.59 Å². The van der Waals surface area contributed by atoms with Crippen LogP contribution in [-0.4, -0.2) is 4.98 Å². The molecule has 1 aromatic heterocycles. The lowest BCUT2D eigenvalue weighted by Crippen LogP contribution is -1.53. The third-order valence-corrected chi connectivity index (χ3v) is 2.17. The van der Waals surface area contributed by atoms with Gasteiger partial charge < -0.3 is 4.98 Å². The Bertz CT molecular complexity index is 144. The molecule has 7 heavy (non-hydrogen) atoms. The maximum Gasteiger partial charge on any atom is 0.0713 e. The predicted molar refractivity (Wildman–Crippen MR) is 38.5 cm³/mol. The lowest BCUT2D eigenvalue weighted by molar-refractivity contribution is 1.41. The summed E-state index contributed by atoms with van der Waals surface area (Å²) in [6.07, 6.45) is 3.60. The van der Waals surface area contributed by atoms with Gasteiger partial charge in [-0.1, -0.05) is 11.6 Å². The highest BCUT2D eigenvalue weighted by atomic mass is 127. The van der Waals surface area contributed by atoms with E-state index in [9.17, 15) is 0 Å². The maximum absolute atomic E-state index is 5.59. The molecule has 0 unspecified atom stereocenters. The molecular weight excluding hydrogens is 224 g/mol. The van der Waals surface area contributed by atoms with Gasteiger partial charge in [-0.2, -0.15) is 0 Å². The lowest BCUT2D eigenvalue weighted by atomic mass is 10.7. The minimum absolute atomic E-state index is 0.792. The zero-order chi connectivity index (χ0) is 5.28. The molecule has 1 aromatic rings. The van der Waals surface area contributed by atoms with E-state index in [-0.39, 0.29) is 0 Å². The summed E-state index contributed by atoms with van der Waals surface area (Å²) in [5, 5.41) is 0.792. The van der Waals surface area contributed by atoms with Crippen LogP contribution in [0.15, 0.2) is 12.4 Å². The SMILES string of the molecule is Clc1c[nH]cc1I. The summed E-state index contributed by atoms with van der Waals surface area (Å²) in [6.45, 7) is 0. The molecule has 0 amide bonds. The largest absolute Gasteiger partial charge is 0.365 e. The van der Waals surface area contributed by atoms with Crippen LogP contribution in [0.3, 0.4) is 0 Å². The fourth-order valence-corrected chi connectivity index (χ4v) is 0.779. The highest BCUT2D eigenvalue weighted by molar-refractivity contribution is 14.1. The van der Waals surface area contributed by atoms with Crippen molar-refractivity contribution in [3.8, 4) is 0 Å². The third-order valence-electron chi connectivity index (χ3n) is 0.648. The van der Waals surface area contributed by atoms with Crippen molar-refractivity contribution in [2.45, 2.75) is 0 Å². The Morgan fingerprint density at radius 3 is 2.43 bits per heavy atom.